The zero-order valence-corrected chi connectivity index (χ0v) is 11.3. The van der Waals surface area contributed by atoms with Crippen LogP contribution in [0.5, 0.6) is 0 Å². The highest BCUT2D eigenvalue weighted by atomic mass is 79.9. The summed E-state index contributed by atoms with van der Waals surface area (Å²) in [5, 5.41) is 0. The maximum Gasteiger partial charge on any atom is 0.0326 e. The molecule has 0 saturated carbocycles. The van der Waals surface area contributed by atoms with Gasteiger partial charge in [-0.3, -0.25) is 4.90 Å². The molecule has 0 aliphatic rings. The topological polar surface area (TPSA) is 3.24 Å². The van der Waals surface area contributed by atoms with Crippen LogP contribution in [0, 0.1) is 0 Å². The van der Waals surface area contributed by atoms with Crippen LogP contribution in [0.2, 0.25) is 0 Å². The predicted molar refractivity (Wildman–Crippen MR) is 74.5 cm³/mol. The second-order valence-corrected chi connectivity index (χ2v) is 4.67. The number of rotatable bonds is 6. The van der Waals surface area contributed by atoms with Gasteiger partial charge in [-0.2, -0.15) is 0 Å². The van der Waals surface area contributed by atoms with Crippen LogP contribution in [0.15, 0.2) is 54.0 Å². The molecule has 16 heavy (non-hydrogen) atoms. The van der Waals surface area contributed by atoms with Crippen molar-refractivity contribution in [3.05, 3.63) is 59.6 Å². The number of benzene rings is 1. The first-order chi connectivity index (χ1) is 7.69. The fraction of sp³-hybridized carbons (Fsp3) is 0.286. The molecule has 0 saturated heterocycles. The second-order valence-electron chi connectivity index (χ2n) is 3.76. The van der Waals surface area contributed by atoms with Gasteiger partial charge in [0.2, 0.25) is 0 Å². The van der Waals surface area contributed by atoms with Crippen LogP contribution in [-0.2, 0) is 0 Å². The molecule has 1 nitrogen and oxygen atoms in total. The van der Waals surface area contributed by atoms with Gasteiger partial charge in [-0.05, 0) is 24.6 Å². The van der Waals surface area contributed by atoms with Crippen molar-refractivity contribution in [1.29, 1.82) is 0 Å². The molecule has 0 bridgehead atoms. The third-order valence-corrected chi connectivity index (χ3v) is 3.16. The van der Waals surface area contributed by atoms with Gasteiger partial charge in [0.25, 0.3) is 0 Å². The van der Waals surface area contributed by atoms with Crippen molar-refractivity contribution >= 4 is 15.9 Å². The van der Waals surface area contributed by atoms with Crippen LogP contribution < -0.4 is 0 Å². The Hall–Kier alpha value is -0.860. The van der Waals surface area contributed by atoms with E-state index < -0.39 is 0 Å². The highest BCUT2D eigenvalue weighted by molar-refractivity contribution is 9.10. The Morgan fingerprint density at radius 1 is 1.19 bits per heavy atom. The summed E-state index contributed by atoms with van der Waals surface area (Å²) in [6.07, 6.45) is 3.86. The van der Waals surface area contributed by atoms with Crippen LogP contribution in [0.3, 0.4) is 0 Å². The average molecular weight is 280 g/mol. The summed E-state index contributed by atoms with van der Waals surface area (Å²) in [7, 11) is 0. The van der Waals surface area contributed by atoms with Gasteiger partial charge in [-0.25, -0.2) is 0 Å². The van der Waals surface area contributed by atoms with E-state index in [0.29, 0.717) is 6.04 Å². The highest BCUT2D eigenvalue weighted by Crippen LogP contribution is 2.21. The molecule has 2 heteroatoms. The normalized spacial score (nSPS) is 12.4. The molecule has 1 aromatic rings. The summed E-state index contributed by atoms with van der Waals surface area (Å²) in [6, 6.07) is 8.82. The van der Waals surface area contributed by atoms with Crippen LogP contribution in [-0.4, -0.2) is 18.0 Å². The minimum Gasteiger partial charge on any atom is -0.289 e. The molecule has 0 heterocycles. The van der Waals surface area contributed by atoms with Crippen molar-refractivity contribution in [1.82, 2.24) is 4.90 Å². The van der Waals surface area contributed by atoms with Gasteiger partial charge >= 0.3 is 0 Å². The van der Waals surface area contributed by atoms with E-state index in [9.17, 15) is 0 Å². The molecule has 0 aromatic heterocycles. The van der Waals surface area contributed by atoms with Gasteiger partial charge in [-0.1, -0.05) is 40.2 Å². The lowest BCUT2D eigenvalue weighted by Gasteiger charge is -2.27. The summed E-state index contributed by atoms with van der Waals surface area (Å²) in [6.45, 7) is 11.5. The van der Waals surface area contributed by atoms with Crippen LogP contribution in [0.25, 0.3) is 0 Å². The van der Waals surface area contributed by atoms with Gasteiger partial charge < -0.3 is 0 Å². The Morgan fingerprint density at radius 3 is 2.12 bits per heavy atom. The first-order valence-electron chi connectivity index (χ1n) is 5.40. The lowest BCUT2D eigenvalue weighted by molar-refractivity contribution is 0.260. The van der Waals surface area contributed by atoms with Gasteiger partial charge in [0.1, 0.15) is 0 Å². The molecule has 0 aliphatic heterocycles. The Balaban J connectivity index is 2.79. The fourth-order valence-corrected chi connectivity index (χ4v) is 1.94. The van der Waals surface area contributed by atoms with Crippen LogP contribution in [0.1, 0.15) is 18.5 Å². The Bertz CT molecular complexity index is 332. The lowest BCUT2D eigenvalue weighted by Crippen LogP contribution is -2.27. The summed E-state index contributed by atoms with van der Waals surface area (Å²) < 4.78 is 1.11. The SMILES string of the molecule is C=CCN(CC=C)C(C)c1ccc(Br)cc1. The second kappa shape index (κ2) is 6.66. The summed E-state index contributed by atoms with van der Waals surface area (Å²) in [5.74, 6) is 0. The smallest absolute Gasteiger partial charge is 0.0326 e. The van der Waals surface area contributed by atoms with Crippen molar-refractivity contribution in [3.63, 3.8) is 0 Å². The van der Waals surface area contributed by atoms with E-state index in [1.165, 1.54) is 5.56 Å². The Morgan fingerprint density at radius 2 is 1.69 bits per heavy atom. The summed E-state index contributed by atoms with van der Waals surface area (Å²) >= 11 is 3.45. The van der Waals surface area contributed by atoms with E-state index in [2.05, 4.69) is 65.2 Å². The molecule has 1 unspecified atom stereocenters. The quantitative estimate of drug-likeness (QED) is 0.706. The zero-order chi connectivity index (χ0) is 12.0. The lowest BCUT2D eigenvalue weighted by atomic mass is 10.1. The van der Waals surface area contributed by atoms with Gasteiger partial charge in [0.05, 0.1) is 0 Å². The maximum absolute atomic E-state index is 3.79. The zero-order valence-electron chi connectivity index (χ0n) is 9.70. The van der Waals surface area contributed by atoms with Crippen LogP contribution in [0.4, 0.5) is 0 Å². The molecule has 0 aliphatic carbocycles. The average Bonchev–Trinajstić information content (AvgIpc) is 2.29. The van der Waals surface area contributed by atoms with Crippen molar-refractivity contribution in [2.75, 3.05) is 13.1 Å². The van der Waals surface area contributed by atoms with Crippen molar-refractivity contribution in [3.8, 4) is 0 Å². The van der Waals surface area contributed by atoms with E-state index in [1.54, 1.807) is 0 Å². The summed E-state index contributed by atoms with van der Waals surface area (Å²) in [4.78, 5) is 2.32. The molecule has 1 rings (SSSR count). The van der Waals surface area contributed by atoms with Gasteiger partial charge in [0.15, 0.2) is 0 Å². The highest BCUT2D eigenvalue weighted by Gasteiger charge is 2.12. The maximum atomic E-state index is 3.79. The Kier molecular flexibility index (Phi) is 5.50. The van der Waals surface area contributed by atoms with Crippen LogP contribution >= 0.6 is 15.9 Å². The minimum absolute atomic E-state index is 0.379. The van der Waals surface area contributed by atoms with E-state index in [0.717, 1.165) is 17.6 Å². The molecule has 86 valence electrons. The van der Waals surface area contributed by atoms with E-state index in [1.807, 2.05) is 12.2 Å². The Labute approximate surface area is 107 Å². The molecule has 1 atom stereocenters. The fourth-order valence-electron chi connectivity index (χ4n) is 1.67. The number of nitrogens with zero attached hydrogens (tertiary/aromatic N) is 1. The molecule has 1 aromatic carbocycles. The molecule has 0 radical (unpaired) electrons. The number of hydrogen-bond donors (Lipinski definition) is 0. The molecule has 0 fully saturated rings. The summed E-state index contributed by atoms with van der Waals surface area (Å²) in [5.41, 5.74) is 1.31. The standard InChI is InChI=1S/C14H18BrN/c1-4-10-16(11-5-2)12(3)13-6-8-14(15)9-7-13/h4-9,12H,1-2,10-11H2,3H3. The van der Waals surface area contributed by atoms with Gasteiger partial charge in [0, 0.05) is 23.6 Å². The van der Waals surface area contributed by atoms with E-state index in [-0.39, 0.29) is 0 Å². The number of halogens is 1. The predicted octanol–water partition coefficient (Wildman–Crippen LogP) is 4.18. The molecule has 0 spiro atoms. The first-order valence-corrected chi connectivity index (χ1v) is 6.19. The van der Waals surface area contributed by atoms with E-state index in [4.69, 9.17) is 0 Å². The molecular weight excluding hydrogens is 262 g/mol. The van der Waals surface area contributed by atoms with Crippen molar-refractivity contribution in [2.24, 2.45) is 0 Å². The monoisotopic (exact) mass is 279 g/mol. The molecule has 0 N–H and O–H groups in total. The largest absolute Gasteiger partial charge is 0.289 e. The van der Waals surface area contributed by atoms with Crippen molar-refractivity contribution < 1.29 is 0 Å². The van der Waals surface area contributed by atoms with E-state index >= 15 is 0 Å². The van der Waals surface area contributed by atoms with Crippen molar-refractivity contribution in [2.45, 2.75) is 13.0 Å². The minimum atomic E-state index is 0.379. The number of hydrogen-bond acceptors (Lipinski definition) is 1. The first kappa shape index (κ1) is 13.2. The molecule has 0 amide bonds. The molecular formula is C14H18BrN. The third-order valence-electron chi connectivity index (χ3n) is 2.63. The van der Waals surface area contributed by atoms with Gasteiger partial charge in [-0.15, -0.1) is 13.2 Å². The third kappa shape index (κ3) is 3.62.